The Labute approximate surface area is 498 Å². The maximum atomic E-state index is 12.9. The van der Waals surface area contributed by atoms with E-state index in [-0.39, 0.29) is 37.5 Å². The molecule has 6 heteroatoms. The van der Waals surface area contributed by atoms with E-state index in [4.69, 9.17) is 14.2 Å². The van der Waals surface area contributed by atoms with Gasteiger partial charge in [-0.1, -0.05) is 281 Å². The molecule has 0 aliphatic rings. The SMILES string of the molecule is CC/C=C\C/C=C\C/C=C\C/C=C\C/C=C\C/C=C\C/C=C\C/C=C\C/C=C\CCCCCCCCCC(=O)OCC(COC(=O)CCCCCCCCCCC)OC(=O)CCCCC/C=C\C/C=C\C/C=C\C/C=C\C/C=C\CC. The van der Waals surface area contributed by atoms with Crippen molar-refractivity contribution in [1.82, 2.24) is 0 Å². The number of rotatable bonds is 57. The summed E-state index contributed by atoms with van der Waals surface area (Å²) in [6.45, 7) is 6.35. The lowest BCUT2D eigenvalue weighted by Crippen LogP contribution is -2.30. The molecule has 0 spiro atoms. The normalized spacial score (nSPS) is 13.3. The number of esters is 3. The third-order valence-corrected chi connectivity index (χ3v) is 13.2. The molecule has 0 amide bonds. The second-order valence-corrected chi connectivity index (χ2v) is 20.9. The van der Waals surface area contributed by atoms with Crippen LogP contribution in [0.25, 0.3) is 0 Å². The first-order chi connectivity index (χ1) is 40.0. The van der Waals surface area contributed by atoms with Crippen molar-refractivity contribution in [1.29, 1.82) is 0 Å². The number of unbranched alkanes of at least 4 members (excludes halogenated alkanes) is 18. The highest BCUT2D eigenvalue weighted by atomic mass is 16.6. The van der Waals surface area contributed by atoms with Crippen LogP contribution < -0.4 is 0 Å². The molecule has 1 unspecified atom stereocenters. The summed E-state index contributed by atoms with van der Waals surface area (Å²) in [4.78, 5) is 38.2. The van der Waals surface area contributed by atoms with E-state index >= 15 is 0 Å². The zero-order chi connectivity index (χ0) is 58.5. The predicted molar refractivity (Wildman–Crippen MR) is 352 cm³/mol. The molecule has 0 radical (unpaired) electrons. The first-order valence-corrected chi connectivity index (χ1v) is 32.6. The molecule has 0 aromatic carbocycles. The van der Waals surface area contributed by atoms with Crippen LogP contribution in [0.1, 0.15) is 265 Å². The van der Waals surface area contributed by atoms with E-state index in [0.29, 0.717) is 12.8 Å². The minimum atomic E-state index is -0.806. The minimum absolute atomic E-state index is 0.0999. The van der Waals surface area contributed by atoms with Gasteiger partial charge in [-0.25, -0.2) is 0 Å². The van der Waals surface area contributed by atoms with Gasteiger partial charge in [0.05, 0.1) is 0 Å². The smallest absolute Gasteiger partial charge is 0.306 e. The zero-order valence-corrected chi connectivity index (χ0v) is 52.0. The van der Waals surface area contributed by atoms with Gasteiger partial charge < -0.3 is 14.2 Å². The Morgan fingerprint density at radius 1 is 0.259 bits per heavy atom. The summed E-state index contributed by atoms with van der Waals surface area (Å²) in [5.41, 5.74) is 0. The van der Waals surface area contributed by atoms with Crippen LogP contribution in [0.15, 0.2) is 170 Å². The Balaban J connectivity index is 4.27. The molecule has 454 valence electrons. The molecule has 0 fully saturated rings. The van der Waals surface area contributed by atoms with Gasteiger partial charge in [-0.3, -0.25) is 14.4 Å². The molecule has 1 atom stereocenters. The van der Waals surface area contributed by atoms with Gasteiger partial charge in [-0.05, 0) is 135 Å². The van der Waals surface area contributed by atoms with Crippen LogP contribution in [0, 0.1) is 0 Å². The van der Waals surface area contributed by atoms with Crippen molar-refractivity contribution in [3.05, 3.63) is 170 Å². The molecular formula is C75H118O6. The van der Waals surface area contributed by atoms with E-state index in [1.54, 1.807) is 0 Å². The van der Waals surface area contributed by atoms with Crippen LogP contribution in [-0.2, 0) is 28.6 Å². The van der Waals surface area contributed by atoms with E-state index in [2.05, 4.69) is 191 Å². The quantitative estimate of drug-likeness (QED) is 0.0261. The fourth-order valence-corrected chi connectivity index (χ4v) is 8.40. The fourth-order valence-electron chi connectivity index (χ4n) is 8.40. The van der Waals surface area contributed by atoms with Crippen LogP contribution >= 0.6 is 0 Å². The number of allylic oxidation sites excluding steroid dienone is 28. The van der Waals surface area contributed by atoms with E-state index < -0.39 is 6.10 Å². The highest BCUT2D eigenvalue weighted by Gasteiger charge is 2.19. The van der Waals surface area contributed by atoms with Gasteiger partial charge in [-0.2, -0.15) is 0 Å². The van der Waals surface area contributed by atoms with Crippen LogP contribution in [0.4, 0.5) is 0 Å². The van der Waals surface area contributed by atoms with Gasteiger partial charge >= 0.3 is 17.9 Å². The molecule has 0 saturated heterocycles. The fraction of sp³-hybridized carbons (Fsp3) is 0.587. The number of ether oxygens (including phenoxy) is 3. The second-order valence-electron chi connectivity index (χ2n) is 20.9. The molecule has 0 aliphatic carbocycles. The summed E-state index contributed by atoms with van der Waals surface area (Å²) in [5, 5.41) is 0. The maximum absolute atomic E-state index is 12.9. The molecule has 0 aliphatic heterocycles. The van der Waals surface area contributed by atoms with E-state index in [1.807, 2.05) is 0 Å². The molecule has 6 nitrogen and oxygen atoms in total. The number of hydrogen-bond donors (Lipinski definition) is 0. The lowest BCUT2D eigenvalue weighted by atomic mass is 10.1. The molecule has 0 heterocycles. The molecule has 0 bridgehead atoms. The summed E-state index contributed by atoms with van der Waals surface area (Å²) in [6, 6.07) is 0. The van der Waals surface area contributed by atoms with Gasteiger partial charge in [0.15, 0.2) is 6.10 Å². The number of carbonyl (C=O) groups is 3. The first-order valence-electron chi connectivity index (χ1n) is 32.6. The van der Waals surface area contributed by atoms with Crippen molar-refractivity contribution in [2.24, 2.45) is 0 Å². The Morgan fingerprint density at radius 2 is 0.481 bits per heavy atom. The highest BCUT2D eigenvalue weighted by Crippen LogP contribution is 2.14. The average Bonchev–Trinajstić information content (AvgIpc) is 3.47. The van der Waals surface area contributed by atoms with Crippen molar-refractivity contribution < 1.29 is 28.6 Å². The van der Waals surface area contributed by atoms with E-state index in [0.717, 1.165) is 161 Å². The van der Waals surface area contributed by atoms with Crippen LogP contribution in [-0.4, -0.2) is 37.2 Å². The van der Waals surface area contributed by atoms with Gasteiger partial charge in [0.2, 0.25) is 0 Å². The molecule has 0 aromatic rings. The Hall–Kier alpha value is -5.23. The van der Waals surface area contributed by atoms with Crippen LogP contribution in [0.5, 0.6) is 0 Å². The summed E-state index contributed by atoms with van der Waals surface area (Å²) in [5.74, 6) is -0.952. The number of carbonyl (C=O) groups excluding carboxylic acids is 3. The Kier molecular flexibility index (Phi) is 62.9. The molecule has 0 aromatic heterocycles. The summed E-state index contributed by atoms with van der Waals surface area (Å²) < 4.78 is 16.8. The van der Waals surface area contributed by atoms with Crippen molar-refractivity contribution in [2.45, 2.75) is 271 Å². The van der Waals surface area contributed by atoms with Crippen LogP contribution in [0.3, 0.4) is 0 Å². The molecular weight excluding hydrogens is 997 g/mol. The van der Waals surface area contributed by atoms with Crippen molar-refractivity contribution >= 4 is 17.9 Å². The summed E-state index contributed by atoms with van der Waals surface area (Å²) in [7, 11) is 0. The van der Waals surface area contributed by atoms with Gasteiger partial charge in [0, 0.05) is 19.3 Å². The zero-order valence-electron chi connectivity index (χ0n) is 52.0. The minimum Gasteiger partial charge on any atom is -0.462 e. The molecule has 0 rings (SSSR count). The van der Waals surface area contributed by atoms with Crippen molar-refractivity contribution in [3.63, 3.8) is 0 Å². The van der Waals surface area contributed by atoms with Gasteiger partial charge in [0.25, 0.3) is 0 Å². The van der Waals surface area contributed by atoms with E-state index in [1.165, 1.54) is 64.2 Å². The molecule has 81 heavy (non-hydrogen) atoms. The van der Waals surface area contributed by atoms with Crippen molar-refractivity contribution in [3.8, 4) is 0 Å². The topological polar surface area (TPSA) is 78.9 Å². The third kappa shape index (κ3) is 65.5. The standard InChI is InChI=1S/C75H118O6/c1-4-7-10-13-16-19-21-23-25-27-29-30-31-32-33-34-35-36-37-38-39-40-41-42-43-44-46-47-49-51-53-56-59-62-65-68-74(77)80-71-72(70-79-73(76)67-64-61-58-55-18-15-12-9-6-3)81-75(78)69-66-63-60-57-54-52-50-48-45-28-26-24-22-20-17-14-11-8-5-2/h7-8,10-11,16-17,19-20,23-26,29-30,32-33,35-36,38-39,41-42,44-46,48,52,54,72H,4-6,9,12-15,18,21-22,27-28,31,34,37,40,43,47,49-51,53,55-71H2,1-3H3/b10-7-,11-8-,19-16-,20-17-,25-23-,26-24-,30-29-,33-32-,36-35-,39-38-,42-41-,46-44-,48-45-,54-52-. The summed E-state index contributed by atoms with van der Waals surface area (Å²) in [6.07, 6.45) is 99.4. The molecule has 0 N–H and O–H groups in total. The maximum Gasteiger partial charge on any atom is 0.306 e. The van der Waals surface area contributed by atoms with Crippen molar-refractivity contribution in [2.75, 3.05) is 13.2 Å². The third-order valence-electron chi connectivity index (χ3n) is 13.2. The second kappa shape index (κ2) is 67.3. The lowest BCUT2D eigenvalue weighted by Gasteiger charge is -2.18. The highest BCUT2D eigenvalue weighted by molar-refractivity contribution is 5.71. The largest absolute Gasteiger partial charge is 0.462 e. The first kappa shape index (κ1) is 75.8. The Morgan fingerprint density at radius 3 is 0.765 bits per heavy atom. The van der Waals surface area contributed by atoms with Crippen LogP contribution in [0.2, 0.25) is 0 Å². The Bertz CT molecular complexity index is 1860. The summed E-state index contributed by atoms with van der Waals surface area (Å²) >= 11 is 0. The van der Waals surface area contributed by atoms with Gasteiger partial charge in [0.1, 0.15) is 13.2 Å². The lowest BCUT2D eigenvalue weighted by molar-refractivity contribution is -0.167. The average molecular weight is 1120 g/mol. The molecule has 0 saturated carbocycles. The number of hydrogen-bond acceptors (Lipinski definition) is 6. The monoisotopic (exact) mass is 1110 g/mol. The predicted octanol–water partition coefficient (Wildman–Crippen LogP) is 22.7. The van der Waals surface area contributed by atoms with Gasteiger partial charge in [-0.15, -0.1) is 0 Å². The van der Waals surface area contributed by atoms with E-state index in [9.17, 15) is 14.4 Å².